The van der Waals surface area contributed by atoms with Crippen LogP contribution in [0.3, 0.4) is 0 Å². The van der Waals surface area contributed by atoms with Gasteiger partial charge in [0.2, 0.25) is 5.92 Å². The van der Waals surface area contributed by atoms with Crippen LogP contribution in [0.2, 0.25) is 0 Å². The summed E-state index contributed by atoms with van der Waals surface area (Å²) in [7, 11) is 0. The molecule has 2 aliphatic rings. The van der Waals surface area contributed by atoms with Crippen LogP contribution in [0, 0.1) is 22.2 Å². The van der Waals surface area contributed by atoms with Crippen molar-refractivity contribution in [1.29, 1.82) is 0 Å². The van der Waals surface area contributed by atoms with Crippen molar-refractivity contribution >= 4 is 0 Å². The molecule has 0 radical (unpaired) electrons. The Labute approximate surface area is 115 Å². The second kappa shape index (κ2) is 4.41. The molecule has 1 N–H and O–H groups in total. The second-order valence-electron chi connectivity index (χ2n) is 8.27. The topological polar surface area (TPSA) is 20.2 Å². The molecular weight excluding hydrogens is 246 g/mol. The Morgan fingerprint density at radius 3 is 1.95 bits per heavy atom. The number of rotatable bonds is 6. The predicted octanol–water partition coefficient (Wildman–Crippen LogP) is 4.64. The maximum Gasteiger partial charge on any atom is 0.248 e. The van der Waals surface area contributed by atoms with Gasteiger partial charge in [-0.25, -0.2) is 8.78 Å². The normalized spacial score (nSPS) is 26.1. The molecule has 0 heterocycles. The highest BCUT2D eigenvalue weighted by molar-refractivity contribution is 5.04. The molecule has 0 bridgehead atoms. The lowest BCUT2D eigenvalue weighted by molar-refractivity contribution is -0.144. The minimum atomic E-state index is -2.42. The zero-order chi connectivity index (χ0) is 14.5. The molecule has 2 saturated carbocycles. The van der Waals surface area contributed by atoms with Crippen molar-refractivity contribution in [2.45, 2.75) is 72.1 Å². The van der Waals surface area contributed by atoms with E-state index in [1.165, 1.54) is 0 Å². The molecule has 112 valence electrons. The standard InChI is InChI=1S/C16H28F2O/c1-13(2,12-9-16(17,18)10-12)5-6-14(3,4)15(11-19)7-8-15/h12,19H,5-11H2,1-4H3. The van der Waals surface area contributed by atoms with Gasteiger partial charge in [0.15, 0.2) is 0 Å². The lowest BCUT2D eigenvalue weighted by atomic mass is 9.61. The molecule has 3 heteroatoms. The fourth-order valence-corrected chi connectivity index (χ4v) is 3.52. The highest BCUT2D eigenvalue weighted by Gasteiger charge is 2.55. The number of aliphatic hydroxyl groups is 1. The van der Waals surface area contributed by atoms with Crippen LogP contribution in [0.5, 0.6) is 0 Å². The van der Waals surface area contributed by atoms with Crippen molar-refractivity contribution in [3.05, 3.63) is 0 Å². The van der Waals surface area contributed by atoms with Crippen LogP contribution in [-0.4, -0.2) is 17.6 Å². The molecule has 0 atom stereocenters. The molecule has 2 aliphatic carbocycles. The third kappa shape index (κ3) is 2.81. The van der Waals surface area contributed by atoms with Crippen LogP contribution in [0.25, 0.3) is 0 Å². The molecule has 0 aliphatic heterocycles. The van der Waals surface area contributed by atoms with Gasteiger partial charge in [0.25, 0.3) is 0 Å². The Morgan fingerprint density at radius 2 is 1.58 bits per heavy atom. The van der Waals surface area contributed by atoms with Crippen molar-refractivity contribution in [1.82, 2.24) is 0 Å². The second-order valence-corrected chi connectivity index (χ2v) is 8.27. The third-order valence-electron chi connectivity index (χ3n) is 6.18. The molecule has 0 saturated heterocycles. The van der Waals surface area contributed by atoms with Crippen LogP contribution >= 0.6 is 0 Å². The molecule has 1 nitrogen and oxygen atoms in total. The van der Waals surface area contributed by atoms with Gasteiger partial charge < -0.3 is 5.11 Å². The van der Waals surface area contributed by atoms with Gasteiger partial charge in [0, 0.05) is 19.4 Å². The van der Waals surface area contributed by atoms with Gasteiger partial charge in [0.1, 0.15) is 0 Å². The number of hydrogen-bond donors (Lipinski definition) is 1. The van der Waals surface area contributed by atoms with Gasteiger partial charge in [-0.2, -0.15) is 0 Å². The van der Waals surface area contributed by atoms with Gasteiger partial charge in [-0.3, -0.25) is 0 Å². The summed E-state index contributed by atoms with van der Waals surface area (Å²) >= 11 is 0. The van der Waals surface area contributed by atoms with E-state index in [0.29, 0.717) is 0 Å². The lowest BCUT2D eigenvalue weighted by Gasteiger charge is -2.47. The number of aliphatic hydroxyl groups excluding tert-OH is 1. The zero-order valence-electron chi connectivity index (χ0n) is 12.7. The summed E-state index contributed by atoms with van der Waals surface area (Å²) in [6.07, 6.45) is 4.33. The highest BCUT2D eigenvalue weighted by Crippen LogP contribution is 2.61. The zero-order valence-corrected chi connectivity index (χ0v) is 12.7. The highest BCUT2D eigenvalue weighted by atomic mass is 19.3. The van der Waals surface area contributed by atoms with E-state index in [-0.39, 0.29) is 41.6 Å². The van der Waals surface area contributed by atoms with E-state index >= 15 is 0 Å². The third-order valence-corrected chi connectivity index (χ3v) is 6.18. The van der Waals surface area contributed by atoms with E-state index in [4.69, 9.17) is 0 Å². The Bertz CT molecular complexity index is 335. The molecule has 2 fully saturated rings. The summed E-state index contributed by atoms with van der Waals surface area (Å²) in [4.78, 5) is 0. The first-order chi connectivity index (χ1) is 8.54. The number of hydrogen-bond acceptors (Lipinski definition) is 1. The van der Waals surface area contributed by atoms with Crippen LogP contribution < -0.4 is 0 Å². The molecule has 0 unspecified atom stereocenters. The van der Waals surface area contributed by atoms with Crippen molar-refractivity contribution in [3.8, 4) is 0 Å². The summed E-state index contributed by atoms with van der Waals surface area (Å²) in [6, 6.07) is 0. The molecule has 2 rings (SSSR count). The van der Waals surface area contributed by atoms with Crippen molar-refractivity contribution in [3.63, 3.8) is 0 Å². The minimum absolute atomic E-state index is 0.00944. The monoisotopic (exact) mass is 274 g/mol. The SMILES string of the molecule is CC(C)(CCC(C)(C)C1(CO)CC1)C1CC(F)(F)C1. The maximum atomic E-state index is 13.0. The first-order valence-electron chi connectivity index (χ1n) is 7.52. The average Bonchev–Trinajstić information content (AvgIpc) is 3.04. The fraction of sp³-hybridized carbons (Fsp3) is 1.00. The van der Waals surface area contributed by atoms with E-state index in [1.807, 2.05) is 0 Å². The minimum Gasteiger partial charge on any atom is -0.396 e. The predicted molar refractivity (Wildman–Crippen MR) is 73.2 cm³/mol. The lowest BCUT2D eigenvalue weighted by Crippen LogP contribution is -2.44. The molecule has 19 heavy (non-hydrogen) atoms. The van der Waals surface area contributed by atoms with Gasteiger partial charge in [-0.15, -0.1) is 0 Å². The van der Waals surface area contributed by atoms with Gasteiger partial charge in [-0.05, 0) is 47.8 Å². The Kier molecular flexibility index (Phi) is 3.53. The van der Waals surface area contributed by atoms with Crippen molar-refractivity contribution < 1.29 is 13.9 Å². The Balaban J connectivity index is 1.88. The molecule has 0 aromatic carbocycles. The van der Waals surface area contributed by atoms with E-state index < -0.39 is 5.92 Å². The average molecular weight is 274 g/mol. The Morgan fingerprint density at radius 1 is 1.05 bits per heavy atom. The van der Waals surface area contributed by atoms with Gasteiger partial charge in [0.05, 0.1) is 0 Å². The van der Waals surface area contributed by atoms with E-state index in [2.05, 4.69) is 27.7 Å². The molecule has 0 aromatic heterocycles. The van der Waals surface area contributed by atoms with Gasteiger partial charge in [-0.1, -0.05) is 27.7 Å². The summed E-state index contributed by atoms with van der Waals surface area (Å²) in [5.74, 6) is -2.26. The van der Waals surface area contributed by atoms with Crippen LogP contribution in [-0.2, 0) is 0 Å². The van der Waals surface area contributed by atoms with E-state index in [9.17, 15) is 13.9 Å². The molecule has 0 aromatic rings. The van der Waals surface area contributed by atoms with Crippen LogP contribution in [0.15, 0.2) is 0 Å². The first kappa shape index (κ1) is 15.2. The molecule has 0 amide bonds. The largest absolute Gasteiger partial charge is 0.396 e. The summed E-state index contributed by atoms with van der Waals surface area (Å²) in [6.45, 7) is 8.97. The summed E-state index contributed by atoms with van der Waals surface area (Å²) in [5, 5.41) is 9.56. The van der Waals surface area contributed by atoms with E-state index in [0.717, 1.165) is 25.7 Å². The smallest absolute Gasteiger partial charge is 0.248 e. The first-order valence-corrected chi connectivity index (χ1v) is 7.52. The molecular formula is C16H28F2O. The van der Waals surface area contributed by atoms with Crippen molar-refractivity contribution in [2.24, 2.45) is 22.2 Å². The maximum absolute atomic E-state index is 13.0. The summed E-state index contributed by atoms with van der Waals surface area (Å²) < 4.78 is 26.0. The molecule has 0 spiro atoms. The summed E-state index contributed by atoms with van der Waals surface area (Å²) in [5.41, 5.74) is 0.211. The quantitative estimate of drug-likeness (QED) is 0.748. The van der Waals surface area contributed by atoms with Gasteiger partial charge >= 0.3 is 0 Å². The van der Waals surface area contributed by atoms with E-state index in [1.54, 1.807) is 0 Å². The van der Waals surface area contributed by atoms with Crippen LogP contribution in [0.4, 0.5) is 8.78 Å². The number of alkyl halides is 2. The van der Waals surface area contributed by atoms with Crippen molar-refractivity contribution in [2.75, 3.05) is 6.61 Å². The fourth-order valence-electron chi connectivity index (χ4n) is 3.52. The van der Waals surface area contributed by atoms with Crippen LogP contribution in [0.1, 0.15) is 66.2 Å². The number of halogens is 2. The Hall–Kier alpha value is -0.180.